The van der Waals surface area contributed by atoms with Gasteiger partial charge in [-0.25, -0.2) is 4.98 Å². The normalized spacial score (nSPS) is 16.8. The summed E-state index contributed by atoms with van der Waals surface area (Å²) in [4.78, 5) is 18.3. The Morgan fingerprint density at radius 2 is 2.30 bits per heavy atom. The highest BCUT2D eigenvalue weighted by molar-refractivity contribution is 5.78. The van der Waals surface area contributed by atoms with Crippen LogP contribution in [0.3, 0.4) is 0 Å². The minimum absolute atomic E-state index is 0.0164. The van der Waals surface area contributed by atoms with Crippen LogP contribution in [-0.4, -0.2) is 43.7 Å². The van der Waals surface area contributed by atoms with E-state index in [0.29, 0.717) is 13.1 Å². The first-order valence-corrected chi connectivity index (χ1v) is 6.96. The molecule has 3 N–H and O–H groups in total. The number of nitrogens with zero attached hydrogens (tertiary/aromatic N) is 2. The van der Waals surface area contributed by atoms with Gasteiger partial charge in [-0.05, 0) is 17.7 Å². The fourth-order valence-corrected chi connectivity index (χ4v) is 2.01. The fraction of sp³-hybridized carbons (Fsp3) is 0.571. The molecule has 0 aliphatic carbocycles. The lowest BCUT2D eigenvalue weighted by atomic mass is 10.1. The largest absolute Gasteiger partial charge is 0.378 e. The number of morpholine rings is 1. The first-order chi connectivity index (χ1) is 9.70. The summed E-state index contributed by atoms with van der Waals surface area (Å²) in [6, 6.07) is 3.93. The molecule has 1 unspecified atom stereocenters. The van der Waals surface area contributed by atoms with Crippen LogP contribution in [-0.2, 0) is 16.1 Å². The number of carbonyl (C=O) groups excluding carboxylic acids is 1. The standard InChI is InChI=1S/C14H22N4O2/c1-11(9-15)14(19)17-10-12-2-3-16-13(8-12)18-4-6-20-7-5-18/h2-3,8,11H,4-7,9-10,15H2,1H3,(H,17,19). The predicted octanol–water partition coefficient (Wildman–Crippen LogP) is 0.129. The zero-order valence-corrected chi connectivity index (χ0v) is 11.8. The van der Waals surface area contributed by atoms with Crippen LogP contribution in [0.5, 0.6) is 0 Å². The molecular formula is C14H22N4O2. The maximum Gasteiger partial charge on any atom is 0.224 e. The van der Waals surface area contributed by atoms with Crippen molar-refractivity contribution in [3.63, 3.8) is 0 Å². The van der Waals surface area contributed by atoms with Crippen molar-refractivity contribution >= 4 is 11.7 Å². The summed E-state index contributed by atoms with van der Waals surface area (Å²) in [5, 5.41) is 2.89. The lowest BCUT2D eigenvalue weighted by Gasteiger charge is -2.28. The molecule has 20 heavy (non-hydrogen) atoms. The number of nitrogens with one attached hydrogen (secondary N) is 1. The van der Waals surface area contributed by atoms with Crippen molar-refractivity contribution in [2.45, 2.75) is 13.5 Å². The van der Waals surface area contributed by atoms with Gasteiger partial charge in [0.15, 0.2) is 0 Å². The van der Waals surface area contributed by atoms with Crippen molar-refractivity contribution in [3.05, 3.63) is 23.9 Å². The zero-order chi connectivity index (χ0) is 14.4. The van der Waals surface area contributed by atoms with E-state index in [4.69, 9.17) is 10.5 Å². The van der Waals surface area contributed by atoms with Gasteiger partial charge in [-0.15, -0.1) is 0 Å². The van der Waals surface area contributed by atoms with Crippen molar-refractivity contribution in [1.82, 2.24) is 10.3 Å². The van der Waals surface area contributed by atoms with Gasteiger partial charge in [0, 0.05) is 38.3 Å². The van der Waals surface area contributed by atoms with Crippen LogP contribution in [0.4, 0.5) is 5.82 Å². The molecule has 0 radical (unpaired) electrons. The van der Waals surface area contributed by atoms with Gasteiger partial charge in [0.25, 0.3) is 0 Å². The Morgan fingerprint density at radius 1 is 1.55 bits per heavy atom. The second kappa shape index (κ2) is 7.21. The van der Waals surface area contributed by atoms with Crippen LogP contribution >= 0.6 is 0 Å². The van der Waals surface area contributed by atoms with Gasteiger partial charge in [0.1, 0.15) is 5.82 Å². The molecular weight excluding hydrogens is 256 g/mol. The lowest BCUT2D eigenvalue weighted by Crippen LogP contribution is -2.37. The summed E-state index contributed by atoms with van der Waals surface area (Å²) in [6.45, 7) is 5.86. The van der Waals surface area contributed by atoms with Crippen LogP contribution in [0.2, 0.25) is 0 Å². The van der Waals surface area contributed by atoms with Gasteiger partial charge in [-0.1, -0.05) is 6.92 Å². The third-order valence-electron chi connectivity index (χ3n) is 3.41. The molecule has 6 nitrogen and oxygen atoms in total. The van der Waals surface area contributed by atoms with Crippen LogP contribution in [0.25, 0.3) is 0 Å². The number of hydrogen-bond acceptors (Lipinski definition) is 5. The van der Waals surface area contributed by atoms with Crippen molar-refractivity contribution < 1.29 is 9.53 Å². The Hall–Kier alpha value is -1.66. The van der Waals surface area contributed by atoms with E-state index < -0.39 is 0 Å². The monoisotopic (exact) mass is 278 g/mol. The Balaban J connectivity index is 1.93. The maximum atomic E-state index is 11.7. The number of pyridine rings is 1. The second-order valence-corrected chi connectivity index (χ2v) is 4.98. The van der Waals surface area contributed by atoms with E-state index in [2.05, 4.69) is 15.2 Å². The summed E-state index contributed by atoms with van der Waals surface area (Å²) in [5.41, 5.74) is 6.51. The van der Waals surface area contributed by atoms with Crippen molar-refractivity contribution in [3.8, 4) is 0 Å². The molecule has 1 saturated heterocycles. The molecule has 0 saturated carbocycles. The van der Waals surface area contributed by atoms with Gasteiger partial charge >= 0.3 is 0 Å². The summed E-state index contributed by atoms with van der Waals surface area (Å²) < 4.78 is 5.33. The van der Waals surface area contributed by atoms with E-state index in [0.717, 1.165) is 37.7 Å². The Morgan fingerprint density at radius 3 is 3.00 bits per heavy atom. The first-order valence-electron chi connectivity index (χ1n) is 6.96. The van der Waals surface area contributed by atoms with E-state index in [-0.39, 0.29) is 11.8 Å². The van der Waals surface area contributed by atoms with E-state index in [9.17, 15) is 4.79 Å². The number of amides is 1. The lowest BCUT2D eigenvalue weighted by molar-refractivity contribution is -0.124. The SMILES string of the molecule is CC(CN)C(=O)NCc1ccnc(N2CCOCC2)c1. The molecule has 0 aromatic carbocycles. The number of aromatic nitrogens is 1. The molecule has 1 aromatic heterocycles. The molecule has 1 amide bonds. The van der Waals surface area contributed by atoms with Gasteiger partial charge < -0.3 is 20.7 Å². The molecule has 1 aliphatic heterocycles. The summed E-state index contributed by atoms with van der Waals surface area (Å²) in [6.07, 6.45) is 1.78. The van der Waals surface area contributed by atoms with Crippen LogP contribution in [0.1, 0.15) is 12.5 Å². The summed E-state index contributed by atoms with van der Waals surface area (Å²) in [7, 11) is 0. The quantitative estimate of drug-likeness (QED) is 0.800. The Bertz CT molecular complexity index is 447. The number of nitrogens with two attached hydrogens (primary N) is 1. The van der Waals surface area contributed by atoms with Gasteiger partial charge in [-0.3, -0.25) is 4.79 Å². The summed E-state index contributed by atoms with van der Waals surface area (Å²) >= 11 is 0. The van der Waals surface area contributed by atoms with Gasteiger partial charge in [0.05, 0.1) is 13.2 Å². The minimum atomic E-state index is -0.157. The van der Waals surface area contributed by atoms with Crippen LogP contribution in [0, 0.1) is 5.92 Å². The average Bonchev–Trinajstić information content (AvgIpc) is 2.53. The minimum Gasteiger partial charge on any atom is -0.378 e. The van der Waals surface area contributed by atoms with Gasteiger partial charge in [-0.2, -0.15) is 0 Å². The third kappa shape index (κ3) is 3.91. The van der Waals surface area contributed by atoms with E-state index in [1.807, 2.05) is 19.1 Å². The van der Waals surface area contributed by atoms with E-state index in [1.165, 1.54) is 0 Å². The molecule has 1 atom stereocenters. The maximum absolute atomic E-state index is 11.7. The number of anilines is 1. The number of carbonyl (C=O) groups is 1. The fourth-order valence-electron chi connectivity index (χ4n) is 2.01. The number of hydrogen-bond donors (Lipinski definition) is 2. The van der Waals surface area contributed by atoms with E-state index >= 15 is 0 Å². The second-order valence-electron chi connectivity index (χ2n) is 4.98. The molecule has 1 fully saturated rings. The Kier molecular flexibility index (Phi) is 5.31. The first kappa shape index (κ1) is 14.7. The third-order valence-corrected chi connectivity index (χ3v) is 3.41. The zero-order valence-electron chi connectivity index (χ0n) is 11.8. The molecule has 2 heterocycles. The highest BCUT2D eigenvalue weighted by atomic mass is 16.5. The summed E-state index contributed by atoms with van der Waals surface area (Å²) in [5.74, 6) is 0.764. The topological polar surface area (TPSA) is 80.5 Å². The highest BCUT2D eigenvalue weighted by Gasteiger charge is 2.13. The van der Waals surface area contributed by atoms with Crippen molar-refractivity contribution in [1.29, 1.82) is 0 Å². The average molecular weight is 278 g/mol. The van der Waals surface area contributed by atoms with Crippen LogP contribution in [0.15, 0.2) is 18.3 Å². The molecule has 0 spiro atoms. The molecule has 6 heteroatoms. The predicted molar refractivity (Wildman–Crippen MR) is 77.3 cm³/mol. The molecule has 2 rings (SSSR count). The van der Waals surface area contributed by atoms with Gasteiger partial charge in [0.2, 0.25) is 5.91 Å². The molecule has 1 aromatic rings. The molecule has 1 aliphatic rings. The van der Waals surface area contributed by atoms with Crippen molar-refractivity contribution in [2.75, 3.05) is 37.7 Å². The molecule has 0 bridgehead atoms. The highest BCUT2D eigenvalue weighted by Crippen LogP contribution is 2.14. The van der Waals surface area contributed by atoms with Crippen molar-refractivity contribution in [2.24, 2.45) is 11.7 Å². The molecule has 110 valence electrons. The Labute approximate surface area is 119 Å². The number of ether oxygens (including phenoxy) is 1. The smallest absolute Gasteiger partial charge is 0.224 e. The van der Waals surface area contributed by atoms with Crippen LogP contribution < -0.4 is 16.0 Å². The number of rotatable bonds is 5. The van der Waals surface area contributed by atoms with E-state index in [1.54, 1.807) is 6.20 Å².